The van der Waals surface area contributed by atoms with Crippen LogP contribution in [0.15, 0.2) is 46.8 Å². The first-order chi connectivity index (χ1) is 13.6. The van der Waals surface area contributed by atoms with Gasteiger partial charge in [-0.3, -0.25) is 4.79 Å². The van der Waals surface area contributed by atoms with E-state index >= 15 is 0 Å². The predicted octanol–water partition coefficient (Wildman–Crippen LogP) is 4.34. The maximum atomic E-state index is 12.3. The number of ether oxygens (including phenoxy) is 2. The van der Waals surface area contributed by atoms with E-state index in [1.54, 1.807) is 32.4 Å². The number of hydrogen-bond donors (Lipinski definition) is 2. The van der Waals surface area contributed by atoms with Crippen molar-refractivity contribution in [1.82, 2.24) is 10.2 Å². The zero-order valence-electron chi connectivity index (χ0n) is 15.7. The Morgan fingerprint density at radius 1 is 1.11 bits per heavy atom. The number of methoxy groups -OCH3 is 2. The predicted molar refractivity (Wildman–Crippen MR) is 113 cm³/mol. The number of thioether (sulfide) groups is 1. The Morgan fingerprint density at radius 3 is 2.68 bits per heavy atom. The zero-order chi connectivity index (χ0) is 19.9. The van der Waals surface area contributed by atoms with E-state index in [2.05, 4.69) is 20.8 Å². The molecule has 0 bridgehead atoms. The molecular formula is C19H20N4O3S2. The van der Waals surface area contributed by atoms with Crippen LogP contribution in [0.2, 0.25) is 0 Å². The van der Waals surface area contributed by atoms with Crippen LogP contribution in [0.3, 0.4) is 0 Å². The van der Waals surface area contributed by atoms with Crippen molar-refractivity contribution in [3.8, 4) is 11.5 Å². The molecule has 1 aromatic heterocycles. The highest BCUT2D eigenvalue weighted by atomic mass is 32.2. The molecule has 0 fully saturated rings. The molecule has 0 aliphatic rings. The first-order valence-corrected chi connectivity index (χ1v) is 10.2. The van der Waals surface area contributed by atoms with Gasteiger partial charge in [0.25, 0.3) is 0 Å². The van der Waals surface area contributed by atoms with Crippen molar-refractivity contribution >= 4 is 45.5 Å². The van der Waals surface area contributed by atoms with E-state index in [0.717, 1.165) is 11.3 Å². The second-order valence-corrected chi connectivity index (χ2v) is 7.92. The monoisotopic (exact) mass is 416 g/mol. The Kier molecular flexibility index (Phi) is 6.72. The number of aromatic nitrogens is 2. The van der Waals surface area contributed by atoms with Gasteiger partial charge in [-0.2, -0.15) is 0 Å². The highest BCUT2D eigenvalue weighted by Crippen LogP contribution is 2.31. The van der Waals surface area contributed by atoms with Gasteiger partial charge in [0.05, 0.1) is 25.7 Å². The third-order valence-electron chi connectivity index (χ3n) is 3.80. The molecule has 2 aromatic carbocycles. The summed E-state index contributed by atoms with van der Waals surface area (Å²) >= 11 is 2.73. The molecule has 0 aliphatic heterocycles. The van der Waals surface area contributed by atoms with Gasteiger partial charge in [-0.1, -0.05) is 41.3 Å². The minimum absolute atomic E-state index is 0.167. The number of carbonyl (C=O) groups excluding carboxylic acids is 1. The average Bonchev–Trinajstić information content (AvgIpc) is 3.15. The van der Waals surface area contributed by atoms with Crippen LogP contribution in [0.1, 0.15) is 5.56 Å². The number of amides is 1. The number of carbonyl (C=O) groups is 1. The summed E-state index contributed by atoms with van der Waals surface area (Å²) in [5.41, 5.74) is 2.67. The molecule has 146 valence electrons. The lowest BCUT2D eigenvalue weighted by atomic mass is 10.2. The van der Waals surface area contributed by atoms with Crippen molar-refractivity contribution < 1.29 is 14.3 Å². The molecule has 0 saturated carbocycles. The van der Waals surface area contributed by atoms with Crippen molar-refractivity contribution in [3.63, 3.8) is 0 Å². The summed E-state index contributed by atoms with van der Waals surface area (Å²) in [4.78, 5) is 12.3. The summed E-state index contributed by atoms with van der Waals surface area (Å²) in [6.45, 7) is 2.02. The number of para-hydroxylation sites is 1. The summed E-state index contributed by atoms with van der Waals surface area (Å²) < 4.78 is 11.2. The number of hydrogen-bond acceptors (Lipinski definition) is 8. The first kappa shape index (κ1) is 20.0. The van der Waals surface area contributed by atoms with E-state index in [9.17, 15) is 4.79 Å². The Morgan fingerprint density at radius 2 is 1.93 bits per heavy atom. The third-order valence-corrected chi connectivity index (χ3v) is 5.77. The summed E-state index contributed by atoms with van der Waals surface area (Å²) in [7, 11) is 3.12. The minimum atomic E-state index is -0.167. The molecule has 9 heteroatoms. The molecule has 0 radical (unpaired) electrons. The van der Waals surface area contributed by atoms with Crippen molar-refractivity contribution in [3.05, 3.63) is 48.0 Å². The topological polar surface area (TPSA) is 85.4 Å². The van der Waals surface area contributed by atoms with Crippen LogP contribution >= 0.6 is 23.1 Å². The fourth-order valence-corrected chi connectivity index (χ4v) is 3.94. The average molecular weight is 417 g/mol. The lowest BCUT2D eigenvalue weighted by molar-refractivity contribution is -0.113. The van der Waals surface area contributed by atoms with Gasteiger partial charge >= 0.3 is 0 Å². The molecule has 0 atom stereocenters. The smallest absolute Gasteiger partial charge is 0.234 e. The van der Waals surface area contributed by atoms with E-state index in [1.165, 1.54) is 23.1 Å². The Balaban J connectivity index is 1.57. The number of nitrogens with one attached hydrogen (secondary N) is 2. The van der Waals surface area contributed by atoms with E-state index in [-0.39, 0.29) is 11.7 Å². The van der Waals surface area contributed by atoms with Gasteiger partial charge in [-0.05, 0) is 30.7 Å². The Labute approximate surface area is 171 Å². The summed E-state index contributed by atoms with van der Waals surface area (Å²) in [6, 6.07) is 13.2. The normalized spacial score (nSPS) is 10.4. The highest BCUT2D eigenvalue weighted by molar-refractivity contribution is 8.01. The quantitative estimate of drug-likeness (QED) is 0.528. The Hall–Kier alpha value is -2.78. The lowest BCUT2D eigenvalue weighted by Crippen LogP contribution is -2.14. The summed E-state index contributed by atoms with van der Waals surface area (Å²) in [5.74, 6) is 1.25. The van der Waals surface area contributed by atoms with E-state index in [4.69, 9.17) is 9.47 Å². The SMILES string of the molecule is COc1ccc(OC)c(NC(=O)CSc2nnc(Nc3ccccc3C)s2)c1. The minimum Gasteiger partial charge on any atom is -0.497 e. The largest absolute Gasteiger partial charge is 0.497 e. The Bertz CT molecular complexity index is 962. The van der Waals surface area contributed by atoms with E-state index in [1.807, 2.05) is 31.2 Å². The fourth-order valence-electron chi connectivity index (χ4n) is 2.37. The maximum Gasteiger partial charge on any atom is 0.234 e. The lowest BCUT2D eigenvalue weighted by Gasteiger charge is -2.11. The molecule has 7 nitrogen and oxygen atoms in total. The molecule has 0 spiro atoms. The van der Waals surface area contributed by atoms with Crippen molar-refractivity contribution in [2.45, 2.75) is 11.3 Å². The molecule has 3 aromatic rings. The van der Waals surface area contributed by atoms with Crippen LogP contribution in [0, 0.1) is 6.92 Å². The fraction of sp³-hybridized carbons (Fsp3) is 0.211. The first-order valence-electron chi connectivity index (χ1n) is 8.40. The molecule has 0 aliphatic carbocycles. The van der Waals surface area contributed by atoms with E-state index < -0.39 is 0 Å². The molecule has 0 saturated heterocycles. The highest BCUT2D eigenvalue weighted by Gasteiger charge is 2.12. The van der Waals surface area contributed by atoms with Crippen LogP contribution < -0.4 is 20.1 Å². The number of anilines is 3. The van der Waals surface area contributed by atoms with Gasteiger partial charge in [-0.15, -0.1) is 10.2 Å². The third kappa shape index (κ3) is 5.14. The molecule has 28 heavy (non-hydrogen) atoms. The number of aryl methyl sites for hydroxylation is 1. The molecule has 1 amide bonds. The molecule has 3 rings (SSSR count). The number of nitrogens with zero attached hydrogens (tertiary/aromatic N) is 2. The second kappa shape index (κ2) is 9.43. The van der Waals surface area contributed by atoms with Crippen LogP contribution in [0.4, 0.5) is 16.5 Å². The van der Waals surface area contributed by atoms with Gasteiger partial charge in [0.2, 0.25) is 11.0 Å². The van der Waals surface area contributed by atoms with E-state index in [0.29, 0.717) is 26.7 Å². The second-order valence-electron chi connectivity index (χ2n) is 5.72. The van der Waals surface area contributed by atoms with Crippen LogP contribution in [0.25, 0.3) is 0 Å². The van der Waals surface area contributed by atoms with Crippen molar-refractivity contribution in [1.29, 1.82) is 0 Å². The van der Waals surface area contributed by atoms with Crippen LogP contribution in [-0.2, 0) is 4.79 Å². The zero-order valence-corrected chi connectivity index (χ0v) is 17.3. The van der Waals surface area contributed by atoms with Gasteiger partial charge in [0, 0.05) is 11.8 Å². The molecule has 2 N–H and O–H groups in total. The molecule has 1 heterocycles. The van der Waals surface area contributed by atoms with Crippen molar-refractivity contribution in [2.24, 2.45) is 0 Å². The maximum absolute atomic E-state index is 12.3. The van der Waals surface area contributed by atoms with Gasteiger partial charge in [-0.25, -0.2) is 0 Å². The van der Waals surface area contributed by atoms with Gasteiger partial charge in [0.15, 0.2) is 4.34 Å². The van der Waals surface area contributed by atoms with Crippen LogP contribution in [0.5, 0.6) is 11.5 Å². The number of benzene rings is 2. The molecular weight excluding hydrogens is 396 g/mol. The van der Waals surface area contributed by atoms with Crippen molar-refractivity contribution in [2.75, 3.05) is 30.6 Å². The van der Waals surface area contributed by atoms with Gasteiger partial charge in [0.1, 0.15) is 11.5 Å². The van der Waals surface area contributed by atoms with Gasteiger partial charge < -0.3 is 20.1 Å². The van der Waals surface area contributed by atoms with Crippen LogP contribution in [-0.4, -0.2) is 36.1 Å². The summed E-state index contributed by atoms with van der Waals surface area (Å²) in [5, 5.41) is 15.0. The standard InChI is InChI=1S/C19H20N4O3S2/c1-12-6-4-5-7-14(12)21-18-22-23-19(28-18)27-11-17(24)20-15-10-13(25-2)8-9-16(15)26-3/h4-10H,11H2,1-3H3,(H,20,24)(H,21,22). The number of rotatable bonds is 8. The summed E-state index contributed by atoms with van der Waals surface area (Å²) in [6.07, 6.45) is 0. The molecule has 0 unspecified atom stereocenters.